The molecule has 2 atom stereocenters. The summed E-state index contributed by atoms with van der Waals surface area (Å²) < 4.78 is 4.53. The molecule has 2 amide bonds. The maximum atomic E-state index is 11.9. The number of alkyl carbamates (subject to hydrolysis) is 1. The van der Waals surface area contributed by atoms with E-state index in [2.05, 4.69) is 17.0 Å². The number of methoxy groups -OCH3 is 1. The zero-order valence-electron chi connectivity index (χ0n) is 11.1. The minimum absolute atomic E-state index is 0.0104. The van der Waals surface area contributed by atoms with Crippen LogP contribution < -0.4 is 11.1 Å². The fourth-order valence-corrected chi connectivity index (χ4v) is 2.16. The number of amides is 2. The Hall–Kier alpha value is -1.30. The summed E-state index contributed by atoms with van der Waals surface area (Å²) in [7, 11) is 1.33. The van der Waals surface area contributed by atoms with Gasteiger partial charge in [-0.25, -0.2) is 4.79 Å². The first kappa shape index (κ1) is 14.8. The van der Waals surface area contributed by atoms with Gasteiger partial charge in [-0.2, -0.15) is 0 Å². The number of rotatable bonds is 5. The molecule has 6 heteroatoms. The van der Waals surface area contributed by atoms with Crippen molar-refractivity contribution in [3.63, 3.8) is 0 Å². The topological polar surface area (TPSA) is 84.7 Å². The lowest BCUT2D eigenvalue weighted by Gasteiger charge is -2.19. The van der Waals surface area contributed by atoms with Crippen molar-refractivity contribution < 1.29 is 14.3 Å². The Morgan fingerprint density at radius 3 is 2.89 bits per heavy atom. The van der Waals surface area contributed by atoms with E-state index in [0.717, 1.165) is 19.3 Å². The number of ether oxygens (including phenoxy) is 1. The molecule has 104 valence electrons. The SMILES string of the molecule is CCCC(N)CC(=O)N1CCC(NC(=O)OC)C1. The predicted molar refractivity (Wildman–Crippen MR) is 68.0 cm³/mol. The molecule has 0 spiro atoms. The summed E-state index contributed by atoms with van der Waals surface area (Å²) in [5.41, 5.74) is 5.85. The van der Waals surface area contributed by atoms with Gasteiger partial charge in [-0.05, 0) is 12.8 Å². The Kier molecular flexibility index (Phi) is 5.91. The number of nitrogens with zero attached hydrogens (tertiary/aromatic N) is 1. The highest BCUT2D eigenvalue weighted by Gasteiger charge is 2.27. The lowest BCUT2D eigenvalue weighted by Crippen LogP contribution is -2.39. The molecule has 1 heterocycles. The molecular weight excluding hydrogens is 234 g/mol. The van der Waals surface area contributed by atoms with Crippen molar-refractivity contribution in [2.75, 3.05) is 20.2 Å². The van der Waals surface area contributed by atoms with Gasteiger partial charge in [0.2, 0.25) is 5.91 Å². The first-order valence-corrected chi connectivity index (χ1v) is 6.44. The van der Waals surface area contributed by atoms with Crippen molar-refractivity contribution in [3.8, 4) is 0 Å². The molecule has 0 bridgehead atoms. The Labute approximate surface area is 108 Å². The second-order valence-corrected chi connectivity index (χ2v) is 4.71. The highest BCUT2D eigenvalue weighted by atomic mass is 16.5. The molecule has 0 aromatic rings. The van der Waals surface area contributed by atoms with E-state index in [0.29, 0.717) is 19.5 Å². The van der Waals surface area contributed by atoms with E-state index in [4.69, 9.17) is 5.73 Å². The fourth-order valence-electron chi connectivity index (χ4n) is 2.16. The summed E-state index contributed by atoms with van der Waals surface area (Å²) in [6, 6.07) is -0.0704. The van der Waals surface area contributed by atoms with Gasteiger partial charge in [0.15, 0.2) is 0 Å². The Morgan fingerprint density at radius 2 is 2.28 bits per heavy atom. The zero-order chi connectivity index (χ0) is 13.5. The maximum absolute atomic E-state index is 11.9. The smallest absolute Gasteiger partial charge is 0.407 e. The Balaban J connectivity index is 2.32. The number of carbonyl (C=O) groups excluding carboxylic acids is 2. The number of likely N-dealkylation sites (tertiary alicyclic amines) is 1. The number of nitrogens with two attached hydrogens (primary N) is 1. The predicted octanol–water partition coefficient (Wildman–Crippen LogP) is 0.461. The maximum Gasteiger partial charge on any atom is 0.407 e. The molecule has 6 nitrogen and oxygen atoms in total. The van der Waals surface area contributed by atoms with Gasteiger partial charge in [-0.15, -0.1) is 0 Å². The molecule has 2 unspecified atom stereocenters. The van der Waals surface area contributed by atoms with Crippen LogP contribution in [0.2, 0.25) is 0 Å². The van der Waals surface area contributed by atoms with Crippen molar-refractivity contribution in [2.24, 2.45) is 5.73 Å². The second-order valence-electron chi connectivity index (χ2n) is 4.71. The molecule has 1 rings (SSSR count). The van der Waals surface area contributed by atoms with Crippen LogP contribution in [-0.2, 0) is 9.53 Å². The van der Waals surface area contributed by atoms with Crippen LogP contribution in [0.3, 0.4) is 0 Å². The summed E-state index contributed by atoms with van der Waals surface area (Å²) in [6.45, 7) is 3.27. The summed E-state index contributed by atoms with van der Waals surface area (Å²) in [5.74, 6) is 0.0742. The molecule has 1 aliphatic heterocycles. The van der Waals surface area contributed by atoms with E-state index >= 15 is 0 Å². The lowest BCUT2D eigenvalue weighted by atomic mass is 10.1. The van der Waals surface area contributed by atoms with E-state index in [1.54, 1.807) is 4.90 Å². The molecule has 0 aromatic heterocycles. The fraction of sp³-hybridized carbons (Fsp3) is 0.833. The number of carbonyl (C=O) groups is 2. The second kappa shape index (κ2) is 7.20. The Morgan fingerprint density at radius 1 is 1.56 bits per heavy atom. The van der Waals surface area contributed by atoms with Crippen molar-refractivity contribution in [3.05, 3.63) is 0 Å². The van der Waals surface area contributed by atoms with Crippen molar-refractivity contribution >= 4 is 12.0 Å². The van der Waals surface area contributed by atoms with Crippen molar-refractivity contribution in [1.29, 1.82) is 0 Å². The minimum Gasteiger partial charge on any atom is -0.453 e. The normalized spacial score (nSPS) is 20.6. The minimum atomic E-state index is -0.447. The molecular formula is C12H23N3O3. The third kappa shape index (κ3) is 4.52. The van der Waals surface area contributed by atoms with Gasteiger partial charge in [0.1, 0.15) is 0 Å². The van der Waals surface area contributed by atoms with Crippen LogP contribution in [0.4, 0.5) is 4.79 Å². The van der Waals surface area contributed by atoms with Gasteiger partial charge in [-0.1, -0.05) is 13.3 Å². The summed E-state index contributed by atoms with van der Waals surface area (Å²) >= 11 is 0. The number of hydrogen-bond donors (Lipinski definition) is 2. The zero-order valence-corrected chi connectivity index (χ0v) is 11.1. The lowest BCUT2D eigenvalue weighted by molar-refractivity contribution is -0.130. The van der Waals surface area contributed by atoms with Crippen LogP contribution >= 0.6 is 0 Å². The first-order chi connectivity index (χ1) is 8.56. The van der Waals surface area contributed by atoms with Crippen molar-refractivity contribution in [1.82, 2.24) is 10.2 Å². The van der Waals surface area contributed by atoms with E-state index < -0.39 is 6.09 Å². The molecule has 0 aromatic carbocycles. The average Bonchev–Trinajstić information content (AvgIpc) is 2.77. The van der Waals surface area contributed by atoms with Gasteiger partial charge in [-0.3, -0.25) is 4.79 Å². The number of hydrogen-bond acceptors (Lipinski definition) is 4. The summed E-state index contributed by atoms with van der Waals surface area (Å²) in [5, 5.41) is 2.71. The van der Waals surface area contributed by atoms with Gasteiger partial charge >= 0.3 is 6.09 Å². The molecule has 0 radical (unpaired) electrons. The largest absolute Gasteiger partial charge is 0.453 e. The van der Waals surface area contributed by atoms with Crippen LogP contribution in [0.25, 0.3) is 0 Å². The third-order valence-electron chi connectivity index (χ3n) is 3.14. The molecule has 1 fully saturated rings. The van der Waals surface area contributed by atoms with Crippen LogP contribution in [0, 0.1) is 0 Å². The van der Waals surface area contributed by atoms with Gasteiger partial charge < -0.3 is 20.7 Å². The van der Waals surface area contributed by atoms with Crippen LogP contribution in [-0.4, -0.2) is 49.2 Å². The molecule has 0 aliphatic carbocycles. The van der Waals surface area contributed by atoms with Gasteiger partial charge in [0.25, 0.3) is 0 Å². The quantitative estimate of drug-likeness (QED) is 0.749. The highest BCUT2D eigenvalue weighted by molar-refractivity contribution is 5.77. The first-order valence-electron chi connectivity index (χ1n) is 6.44. The van der Waals surface area contributed by atoms with Gasteiger partial charge in [0, 0.05) is 25.6 Å². The number of nitrogens with one attached hydrogen (secondary N) is 1. The van der Waals surface area contributed by atoms with Crippen molar-refractivity contribution in [2.45, 2.75) is 44.7 Å². The summed E-state index contributed by atoms with van der Waals surface area (Å²) in [4.78, 5) is 24.7. The van der Waals surface area contributed by atoms with Crippen LogP contribution in [0.15, 0.2) is 0 Å². The van der Waals surface area contributed by atoms with Crippen LogP contribution in [0.5, 0.6) is 0 Å². The van der Waals surface area contributed by atoms with E-state index in [1.165, 1.54) is 7.11 Å². The molecule has 1 saturated heterocycles. The Bertz CT molecular complexity index is 296. The van der Waals surface area contributed by atoms with Gasteiger partial charge in [0.05, 0.1) is 13.2 Å². The molecule has 0 saturated carbocycles. The standard InChI is InChI=1S/C12H23N3O3/c1-3-4-9(13)7-11(16)15-6-5-10(8-15)14-12(17)18-2/h9-10H,3-8,13H2,1-2H3,(H,14,17). The average molecular weight is 257 g/mol. The molecule has 1 aliphatic rings. The van der Waals surface area contributed by atoms with E-state index in [9.17, 15) is 9.59 Å². The van der Waals surface area contributed by atoms with E-state index in [1.807, 2.05) is 0 Å². The van der Waals surface area contributed by atoms with E-state index in [-0.39, 0.29) is 18.0 Å². The molecule has 3 N–H and O–H groups in total. The highest BCUT2D eigenvalue weighted by Crippen LogP contribution is 2.12. The van der Waals surface area contributed by atoms with Crippen LogP contribution in [0.1, 0.15) is 32.6 Å². The molecule has 18 heavy (non-hydrogen) atoms. The third-order valence-corrected chi connectivity index (χ3v) is 3.14. The summed E-state index contributed by atoms with van der Waals surface area (Å²) in [6.07, 6.45) is 2.56. The monoisotopic (exact) mass is 257 g/mol.